The number of phenolic OH excluding ortho intramolecular Hbond substituents is 2. The molecule has 2 unspecified atom stereocenters. The summed E-state index contributed by atoms with van der Waals surface area (Å²) in [5, 5.41) is 20.7. The van der Waals surface area contributed by atoms with Crippen LogP contribution < -0.4 is 21.7 Å². The molecule has 0 aliphatic rings. The summed E-state index contributed by atoms with van der Waals surface area (Å²) in [5.74, 6) is -4.36. The first-order valence-electron chi connectivity index (χ1n) is 18.0. The summed E-state index contributed by atoms with van der Waals surface area (Å²) in [6.07, 6.45) is 14.5. The van der Waals surface area contributed by atoms with E-state index in [1.165, 1.54) is 12.1 Å². The number of rotatable bonds is 21. The highest BCUT2D eigenvalue weighted by Crippen LogP contribution is 2.25. The molecule has 48 heavy (non-hydrogen) atoms. The zero-order chi connectivity index (χ0) is 35.3. The lowest BCUT2D eigenvalue weighted by Gasteiger charge is -2.25. The molecule has 266 valence electrons. The van der Waals surface area contributed by atoms with Crippen molar-refractivity contribution in [2.24, 2.45) is 11.8 Å². The van der Waals surface area contributed by atoms with Crippen molar-refractivity contribution in [2.75, 3.05) is 0 Å². The molecule has 0 heterocycles. The van der Waals surface area contributed by atoms with Gasteiger partial charge in [-0.25, -0.2) is 0 Å². The molecule has 0 radical (unpaired) electrons. The second-order valence-corrected chi connectivity index (χ2v) is 12.7. The SMILES string of the molecule is CCCCCCc1ccc(O)c(C(=O)NNC(=O)C(CC)C(CCCCCC)C(=O)NNC(=O)c2cc(CCCCCC)ccc2O)c1. The molecule has 0 aliphatic carbocycles. The Labute approximate surface area is 286 Å². The van der Waals surface area contributed by atoms with Crippen LogP contribution in [-0.4, -0.2) is 33.8 Å². The van der Waals surface area contributed by atoms with Gasteiger partial charge >= 0.3 is 0 Å². The number of hydrogen-bond acceptors (Lipinski definition) is 6. The van der Waals surface area contributed by atoms with Crippen molar-refractivity contribution in [3.63, 3.8) is 0 Å². The second kappa shape index (κ2) is 22.5. The molecular weight excluding hydrogens is 608 g/mol. The minimum atomic E-state index is -0.804. The number of aryl methyl sites for hydroxylation is 2. The number of carbonyl (C=O) groups excluding carboxylic acids is 4. The van der Waals surface area contributed by atoms with Crippen LogP contribution in [0.1, 0.15) is 149 Å². The Morgan fingerprint density at radius 3 is 1.38 bits per heavy atom. The molecule has 2 aromatic rings. The average Bonchev–Trinajstić information content (AvgIpc) is 3.08. The predicted molar refractivity (Wildman–Crippen MR) is 189 cm³/mol. The van der Waals surface area contributed by atoms with E-state index in [1.54, 1.807) is 31.2 Å². The van der Waals surface area contributed by atoms with Crippen LogP contribution in [0.25, 0.3) is 0 Å². The summed E-state index contributed by atoms with van der Waals surface area (Å²) in [7, 11) is 0. The van der Waals surface area contributed by atoms with Crippen molar-refractivity contribution in [3.05, 3.63) is 58.7 Å². The van der Waals surface area contributed by atoms with Crippen LogP contribution in [0.3, 0.4) is 0 Å². The van der Waals surface area contributed by atoms with Crippen LogP contribution in [0.2, 0.25) is 0 Å². The lowest BCUT2D eigenvalue weighted by Crippen LogP contribution is -2.51. The normalized spacial score (nSPS) is 12.2. The van der Waals surface area contributed by atoms with Gasteiger partial charge in [-0.2, -0.15) is 0 Å². The fourth-order valence-corrected chi connectivity index (χ4v) is 5.87. The molecule has 0 aliphatic heterocycles. The fraction of sp³-hybridized carbons (Fsp3) is 0.579. The van der Waals surface area contributed by atoms with E-state index in [0.717, 1.165) is 94.6 Å². The Hall–Kier alpha value is -4.08. The minimum absolute atomic E-state index is 0.0567. The number of amides is 4. The van der Waals surface area contributed by atoms with E-state index in [4.69, 9.17) is 0 Å². The number of unbranched alkanes of at least 4 members (excludes halogenated alkanes) is 9. The molecule has 2 aromatic carbocycles. The maximum absolute atomic E-state index is 13.5. The fourth-order valence-electron chi connectivity index (χ4n) is 5.87. The summed E-state index contributed by atoms with van der Waals surface area (Å²) >= 11 is 0. The van der Waals surface area contributed by atoms with Gasteiger partial charge in [0.1, 0.15) is 11.5 Å². The molecule has 0 aromatic heterocycles. The molecule has 0 saturated heterocycles. The highest BCUT2D eigenvalue weighted by atomic mass is 16.3. The molecule has 0 fully saturated rings. The van der Waals surface area contributed by atoms with E-state index in [1.807, 2.05) is 0 Å². The highest BCUT2D eigenvalue weighted by molar-refractivity contribution is 5.99. The minimum Gasteiger partial charge on any atom is -0.507 e. The van der Waals surface area contributed by atoms with Gasteiger partial charge in [-0.1, -0.05) is 104 Å². The van der Waals surface area contributed by atoms with Crippen molar-refractivity contribution >= 4 is 23.6 Å². The lowest BCUT2D eigenvalue weighted by molar-refractivity contribution is -0.136. The maximum Gasteiger partial charge on any atom is 0.273 e. The van der Waals surface area contributed by atoms with E-state index in [0.29, 0.717) is 19.3 Å². The van der Waals surface area contributed by atoms with Gasteiger partial charge in [0.05, 0.1) is 23.0 Å². The third-order valence-corrected chi connectivity index (χ3v) is 8.82. The molecule has 6 N–H and O–H groups in total. The molecule has 4 amide bonds. The smallest absolute Gasteiger partial charge is 0.273 e. The molecule has 2 atom stereocenters. The topological polar surface area (TPSA) is 157 Å². The van der Waals surface area contributed by atoms with Crippen molar-refractivity contribution < 1.29 is 29.4 Å². The summed E-state index contributed by atoms with van der Waals surface area (Å²) in [6.45, 7) is 8.15. The number of benzene rings is 2. The molecule has 0 bridgehead atoms. The van der Waals surface area contributed by atoms with Gasteiger partial charge in [-0.3, -0.25) is 40.9 Å². The highest BCUT2D eigenvalue weighted by Gasteiger charge is 2.33. The third kappa shape index (κ3) is 13.6. The number of carbonyl (C=O) groups is 4. The number of hydrogen-bond donors (Lipinski definition) is 6. The molecule has 0 spiro atoms. The summed E-state index contributed by atoms with van der Waals surface area (Å²) in [5.41, 5.74) is 11.7. The third-order valence-electron chi connectivity index (χ3n) is 8.82. The quantitative estimate of drug-likeness (QED) is 0.0612. The number of nitrogens with one attached hydrogen (secondary N) is 4. The average molecular weight is 667 g/mol. The van der Waals surface area contributed by atoms with E-state index in [9.17, 15) is 29.4 Å². The van der Waals surface area contributed by atoms with Crippen LogP contribution >= 0.6 is 0 Å². The van der Waals surface area contributed by atoms with Crippen LogP contribution in [0.4, 0.5) is 0 Å². The van der Waals surface area contributed by atoms with Crippen LogP contribution in [0.5, 0.6) is 11.5 Å². The molecule has 0 saturated carbocycles. The number of hydrazine groups is 2. The van der Waals surface area contributed by atoms with Gasteiger partial charge in [0.25, 0.3) is 11.8 Å². The van der Waals surface area contributed by atoms with E-state index in [-0.39, 0.29) is 22.6 Å². The first-order chi connectivity index (χ1) is 23.2. The number of aromatic hydroxyl groups is 2. The van der Waals surface area contributed by atoms with Gasteiger partial charge in [0.15, 0.2) is 0 Å². The monoisotopic (exact) mass is 666 g/mol. The van der Waals surface area contributed by atoms with Crippen LogP contribution in [0, 0.1) is 11.8 Å². The zero-order valence-corrected chi connectivity index (χ0v) is 29.5. The van der Waals surface area contributed by atoms with E-state index >= 15 is 0 Å². The first kappa shape index (κ1) is 40.1. The Bertz CT molecular complexity index is 1310. The van der Waals surface area contributed by atoms with Gasteiger partial charge in [0, 0.05) is 0 Å². The Morgan fingerprint density at radius 1 is 0.542 bits per heavy atom. The zero-order valence-electron chi connectivity index (χ0n) is 29.5. The summed E-state index contributed by atoms with van der Waals surface area (Å²) in [4.78, 5) is 52.8. The molecule has 10 nitrogen and oxygen atoms in total. The molecule has 10 heteroatoms. The largest absolute Gasteiger partial charge is 0.507 e. The van der Waals surface area contributed by atoms with Crippen LogP contribution in [0.15, 0.2) is 36.4 Å². The van der Waals surface area contributed by atoms with Gasteiger partial charge in [-0.05, 0) is 73.9 Å². The Balaban J connectivity index is 2.09. The first-order valence-corrected chi connectivity index (χ1v) is 18.0. The maximum atomic E-state index is 13.5. The number of phenols is 2. The van der Waals surface area contributed by atoms with Crippen molar-refractivity contribution in [3.8, 4) is 11.5 Å². The molecule has 2 rings (SSSR count). The standard InChI is InChI=1S/C38H58N4O6/c1-5-9-12-15-18-27-21-23-33(43)31(25-27)37(47)41-39-35(45)29(8-4)30(20-17-14-11-7-3)36(46)40-42-38(48)32-26-28(22-24-34(32)44)19-16-13-10-6-2/h21-26,29-30,43-44H,5-20H2,1-4H3,(H,39,45)(H,40,46)(H,41,47)(H,42,48). The molecular formula is C38H58N4O6. The summed E-state index contributed by atoms with van der Waals surface area (Å²) < 4.78 is 0. The van der Waals surface area contributed by atoms with E-state index in [2.05, 4.69) is 42.5 Å². The van der Waals surface area contributed by atoms with Crippen molar-refractivity contribution in [1.29, 1.82) is 0 Å². The second-order valence-electron chi connectivity index (χ2n) is 12.7. The van der Waals surface area contributed by atoms with Gasteiger partial charge in [0.2, 0.25) is 11.8 Å². The van der Waals surface area contributed by atoms with Gasteiger partial charge in [-0.15, -0.1) is 0 Å². The Kier molecular flexibility index (Phi) is 18.8. The summed E-state index contributed by atoms with van der Waals surface area (Å²) in [6, 6.07) is 9.81. The Morgan fingerprint density at radius 2 is 0.958 bits per heavy atom. The van der Waals surface area contributed by atoms with Gasteiger partial charge < -0.3 is 10.2 Å². The predicted octanol–water partition coefficient (Wildman–Crippen LogP) is 7.18. The van der Waals surface area contributed by atoms with E-state index < -0.39 is 35.5 Å². The van der Waals surface area contributed by atoms with Crippen molar-refractivity contribution in [1.82, 2.24) is 21.7 Å². The van der Waals surface area contributed by atoms with Crippen LogP contribution in [-0.2, 0) is 22.4 Å². The van der Waals surface area contributed by atoms with Crippen molar-refractivity contribution in [2.45, 2.75) is 130 Å². The lowest BCUT2D eigenvalue weighted by atomic mass is 9.84.